The fourth-order valence-electron chi connectivity index (χ4n) is 4.01. The molecule has 1 aromatic heterocycles. The highest BCUT2D eigenvalue weighted by Gasteiger charge is 2.43. The average Bonchev–Trinajstić information content (AvgIpc) is 2.96. The summed E-state index contributed by atoms with van der Waals surface area (Å²) in [5.74, 6) is 0.816. The number of likely N-dealkylation sites (N-methyl/N-ethyl adjacent to an activating group) is 1. The lowest BCUT2D eigenvalue weighted by Crippen LogP contribution is -2.61. The Kier molecular flexibility index (Phi) is 5.88. The monoisotopic (exact) mass is 292 g/mol. The van der Waals surface area contributed by atoms with E-state index in [0.717, 1.165) is 18.9 Å². The third kappa shape index (κ3) is 3.89. The van der Waals surface area contributed by atoms with Crippen LogP contribution >= 0.6 is 0 Å². The summed E-state index contributed by atoms with van der Waals surface area (Å²) in [7, 11) is 4.52. The van der Waals surface area contributed by atoms with Crippen LogP contribution in [0.25, 0.3) is 0 Å². The second-order valence-corrected chi connectivity index (χ2v) is 7.04. The van der Waals surface area contributed by atoms with Crippen molar-refractivity contribution in [2.75, 3.05) is 20.6 Å². The summed E-state index contributed by atoms with van der Waals surface area (Å²) in [4.78, 5) is 2.48. The van der Waals surface area contributed by atoms with Gasteiger partial charge in [-0.1, -0.05) is 26.7 Å². The minimum absolute atomic E-state index is 0.268. The van der Waals surface area contributed by atoms with Gasteiger partial charge in [0.05, 0.1) is 12.5 Å². The van der Waals surface area contributed by atoms with E-state index in [2.05, 4.69) is 44.2 Å². The summed E-state index contributed by atoms with van der Waals surface area (Å²) < 4.78 is 5.28. The predicted octanol–water partition coefficient (Wildman–Crippen LogP) is 3.70. The lowest BCUT2D eigenvalue weighted by molar-refractivity contribution is 0.0373. The lowest BCUT2D eigenvalue weighted by atomic mass is 9.70. The van der Waals surface area contributed by atoms with Crippen LogP contribution in [0, 0.1) is 5.92 Å². The van der Waals surface area contributed by atoms with Crippen LogP contribution in [0.3, 0.4) is 0 Å². The molecule has 1 aliphatic carbocycles. The fraction of sp³-hybridized carbons (Fsp3) is 0.778. The highest BCUT2D eigenvalue weighted by molar-refractivity contribution is 5.13. The first-order valence-corrected chi connectivity index (χ1v) is 8.50. The molecule has 2 rings (SSSR count). The van der Waals surface area contributed by atoms with Crippen molar-refractivity contribution in [2.24, 2.45) is 5.92 Å². The van der Waals surface area contributed by atoms with Gasteiger partial charge in [-0.25, -0.2) is 0 Å². The molecule has 1 aliphatic rings. The molecule has 21 heavy (non-hydrogen) atoms. The van der Waals surface area contributed by atoms with Crippen molar-refractivity contribution >= 4 is 0 Å². The third-order valence-corrected chi connectivity index (χ3v) is 5.21. The molecule has 0 amide bonds. The molecule has 0 aromatic carbocycles. The number of nitrogens with zero attached hydrogens (tertiary/aromatic N) is 1. The fourth-order valence-corrected chi connectivity index (χ4v) is 4.01. The Morgan fingerprint density at radius 2 is 2.29 bits per heavy atom. The van der Waals surface area contributed by atoms with E-state index < -0.39 is 0 Å². The summed E-state index contributed by atoms with van der Waals surface area (Å²) >= 11 is 0. The lowest BCUT2D eigenvalue weighted by Gasteiger charge is -2.50. The average molecular weight is 292 g/mol. The number of rotatable bonds is 7. The van der Waals surface area contributed by atoms with Gasteiger partial charge in [-0.05, 0) is 63.9 Å². The molecule has 3 unspecified atom stereocenters. The summed E-state index contributed by atoms with van der Waals surface area (Å²) in [6, 6.07) is 2.60. The van der Waals surface area contributed by atoms with Gasteiger partial charge in [-0.15, -0.1) is 0 Å². The van der Waals surface area contributed by atoms with Crippen LogP contribution < -0.4 is 5.32 Å². The SMILES string of the molecule is CCCNC(Cc1ccoc1)C1(N(C)C)CCCC(C)C1. The van der Waals surface area contributed by atoms with E-state index in [9.17, 15) is 0 Å². The Balaban J connectivity index is 2.21. The van der Waals surface area contributed by atoms with Gasteiger partial charge in [0.1, 0.15) is 0 Å². The van der Waals surface area contributed by atoms with Crippen molar-refractivity contribution in [1.29, 1.82) is 0 Å². The van der Waals surface area contributed by atoms with Crippen molar-refractivity contribution < 1.29 is 4.42 Å². The molecule has 0 bridgehead atoms. The maximum absolute atomic E-state index is 5.28. The topological polar surface area (TPSA) is 28.4 Å². The number of furan rings is 1. The van der Waals surface area contributed by atoms with E-state index in [-0.39, 0.29) is 5.54 Å². The molecule has 1 saturated carbocycles. The van der Waals surface area contributed by atoms with Crippen molar-refractivity contribution in [3.05, 3.63) is 24.2 Å². The van der Waals surface area contributed by atoms with Crippen molar-refractivity contribution in [3.8, 4) is 0 Å². The molecule has 3 heteroatoms. The van der Waals surface area contributed by atoms with Crippen molar-refractivity contribution in [1.82, 2.24) is 10.2 Å². The van der Waals surface area contributed by atoms with Crippen LogP contribution in [0.4, 0.5) is 0 Å². The van der Waals surface area contributed by atoms with Crippen LogP contribution in [-0.4, -0.2) is 37.1 Å². The molecular weight excluding hydrogens is 260 g/mol. The molecule has 120 valence electrons. The van der Waals surface area contributed by atoms with E-state index in [1.54, 1.807) is 6.26 Å². The van der Waals surface area contributed by atoms with Crippen LogP contribution in [0.1, 0.15) is 51.5 Å². The van der Waals surface area contributed by atoms with Crippen LogP contribution in [0.15, 0.2) is 23.0 Å². The summed E-state index contributed by atoms with van der Waals surface area (Å²) in [6.45, 7) is 5.74. The molecule has 1 N–H and O–H groups in total. The maximum Gasteiger partial charge on any atom is 0.0935 e. The highest BCUT2D eigenvalue weighted by atomic mass is 16.3. The number of hydrogen-bond acceptors (Lipinski definition) is 3. The molecular formula is C18H32N2O. The molecule has 0 saturated heterocycles. The smallest absolute Gasteiger partial charge is 0.0935 e. The Morgan fingerprint density at radius 1 is 1.48 bits per heavy atom. The molecule has 3 nitrogen and oxygen atoms in total. The molecule has 1 aromatic rings. The Hall–Kier alpha value is -0.800. The first-order valence-electron chi connectivity index (χ1n) is 8.50. The quantitative estimate of drug-likeness (QED) is 0.830. The first-order chi connectivity index (χ1) is 10.1. The largest absolute Gasteiger partial charge is 0.472 e. The van der Waals surface area contributed by atoms with Crippen molar-refractivity contribution in [3.63, 3.8) is 0 Å². The van der Waals surface area contributed by atoms with Gasteiger partial charge in [0, 0.05) is 11.6 Å². The minimum atomic E-state index is 0.268. The molecule has 0 aliphatic heterocycles. The highest BCUT2D eigenvalue weighted by Crippen LogP contribution is 2.39. The van der Waals surface area contributed by atoms with Gasteiger partial charge in [0.25, 0.3) is 0 Å². The van der Waals surface area contributed by atoms with E-state index >= 15 is 0 Å². The summed E-state index contributed by atoms with van der Waals surface area (Å²) in [5, 5.41) is 3.84. The predicted molar refractivity (Wildman–Crippen MR) is 88.5 cm³/mol. The molecule has 1 heterocycles. The molecule has 1 fully saturated rings. The van der Waals surface area contributed by atoms with Crippen LogP contribution in [0.2, 0.25) is 0 Å². The Labute approximate surface area is 130 Å². The second kappa shape index (κ2) is 7.46. The van der Waals surface area contributed by atoms with Crippen LogP contribution in [-0.2, 0) is 6.42 Å². The van der Waals surface area contributed by atoms with Gasteiger partial charge in [0.2, 0.25) is 0 Å². The summed E-state index contributed by atoms with van der Waals surface area (Å²) in [5.41, 5.74) is 1.58. The number of nitrogens with one attached hydrogen (secondary N) is 1. The van der Waals surface area contributed by atoms with Gasteiger partial charge in [-0.2, -0.15) is 0 Å². The van der Waals surface area contributed by atoms with E-state index in [0.29, 0.717) is 6.04 Å². The zero-order valence-electron chi connectivity index (χ0n) is 14.2. The first kappa shape index (κ1) is 16.6. The van der Waals surface area contributed by atoms with Gasteiger partial charge in [-0.3, -0.25) is 0 Å². The van der Waals surface area contributed by atoms with E-state index in [1.165, 1.54) is 37.7 Å². The van der Waals surface area contributed by atoms with E-state index in [1.807, 2.05) is 6.26 Å². The van der Waals surface area contributed by atoms with Gasteiger partial charge < -0.3 is 14.6 Å². The number of hydrogen-bond donors (Lipinski definition) is 1. The van der Waals surface area contributed by atoms with Crippen molar-refractivity contribution in [2.45, 2.75) is 64.0 Å². The molecule has 3 atom stereocenters. The third-order valence-electron chi connectivity index (χ3n) is 5.21. The molecule has 0 spiro atoms. The van der Waals surface area contributed by atoms with E-state index in [4.69, 9.17) is 4.42 Å². The van der Waals surface area contributed by atoms with Gasteiger partial charge in [0.15, 0.2) is 0 Å². The summed E-state index contributed by atoms with van der Waals surface area (Å²) in [6.07, 6.45) is 11.2. The Morgan fingerprint density at radius 3 is 2.86 bits per heavy atom. The Bertz CT molecular complexity index is 401. The zero-order valence-corrected chi connectivity index (χ0v) is 14.2. The maximum atomic E-state index is 5.28. The van der Waals surface area contributed by atoms with Gasteiger partial charge >= 0.3 is 0 Å². The van der Waals surface area contributed by atoms with Crippen LogP contribution in [0.5, 0.6) is 0 Å². The normalized spacial score (nSPS) is 28.0. The minimum Gasteiger partial charge on any atom is -0.472 e. The second-order valence-electron chi connectivity index (χ2n) is 7.04. The zero-order chi connectivity index (χ0) is 15.3. The standard InChI is InChI=1S/C18H32N2O/c1-5-10-19-17(12-16-8-11-21-14-16)18(20(3)4)9-6-7-15(2)13-18/h8,11,14-15,17,19H,5-7,9-10,12-13H2,1-4H3. The molecule has 0 radical (unpaired) electrons.